The number of ether oxygens (including phenoxy) is 3. The van der Waals surface area contributed by atoms with Crippen LogP contribution < -0.4 is 9.47 Å². The first-order chi connectivity index (χ1) is 8.67. The molecule has 0 radical (unpaired) electrons. The summed E-state index contributed by atoms with van der Waals surface area (Å²) < 4.78 is 15.1. The molecule has 0 amide bonds. The lowest BCUT2D eigenvalue weighted by atomic mass is 10.1. The Labute approximate surface area is 105 Å². The Hall–Kier alpha value is -2.17. The van der Waals surface area contributed by atoms with Crippen molar-refractivity contribution < 1.29 is 19.0 Å². The molecule has 0 aliphatic carbocycles. The highest BCUT2D eigenvalue weighted by Gasteiger charge is 2.18. The van der Waals surface area contributed by atoms with Crippen molar-refractivity contribution in [3.05, 3.63) is 23.8 Å². The quantitative estimate of drug-likeness (QED) is 0.849. The number of carbonyl (C=O) groups is 1. The number of aromatic nitrogens is 1. The standard InChI is InChI=1S/C13H15NO4/c1-4-17-13(15)18-12-11(16-3)10-8(2)6-5-7-9(10)14-12/h5-7,14H,4H2,1-3H3. The van der Waals surface area contributed by atoms with Crippen LogP contribution in [0, 0.1) is 6.92 Å². The number of aryl methyl sites for hydroxylation is 1. The van der Waals surface area contributed by atoms with Gasteiger partial charge < -0.3 is 19.2 Å². The zero-order valence-corrected chi connectivity index (χ0v) is 10.6. The zero-order valence-electron chi connectivity index (χ0n) is 10.6. The molecule has 0 saturated carbocycles. The molecule has 0 saturated heterocycles. The normalized spacial score (nSPS) is 10.4. The molecule has 0 atom stereocenters. The van der Waals surface area contributed by atoms with Crippen LogP contribution in [0.4, 0.5) is 4.79 Å². The fourth-order valence-corrected chi connectivity index (χ4v) is 1.86. The summed E-state index contributed by atoms with van der Waals surface area (Å²) in [6, 6.07) is 5.78. The molecule has 5 nitrogen and oxygen atoms in total. The van der Waals surface area contributed by atoms with Gasteiger partial charge in [-0.15, -0.1) is 0 Å². The summed E-state index contributed by atoms with van der Waals surface area (Å²) in [5, 5.41) is 0.902. The summed E-state index contributed by atoms with van der Waals surface area (Å²) in [7, 11) is 1.53. The molecule has 2 aromatic rings. The average Bonchev–Trinajstić information content (AvgIpc) is 2.68. The molecule has 96 valence electrons. The molecule has 5 heteroatoms. The monoisotopic (exact) mass is 249 g/mol. The van der Waals surface area contributed by atoms with Crippen molar-refractivity contribution in [1.29, 1.82) is 0 Å². The van der Waals surface area contributed by atoms with Crippen molar-refractivity contribution in [1.82, 2.24) is 4.98 Å². The van der Waals surface area contributed by atoms with Crippen LogP contribution in [0.5, 0.6) is 11.6 Å². The van der Waals surface area contributed by atoms with Crippen LogP contribution in [-0.2, 0) is 4.74 Å². The number of hydrogen-bond acceptors (Lipinski definition) is 4. The predicted octanol–water partition coefficient (Wildman–Crippen LogP) is 3.02. The molecule has 0 spiro atoms. The summed E-state index contributed by atoms with van der Waals surface area (Å²) in [6.45, 7) is 3.95. The molecule has 1 heterocycles. The highest BCUT2D eigenvalue weighted by Crippen LogP contribution is 2.37. The van der Waals surface area contributed by atoms with Gasteiger partial charge in [0.2, 0.25) is 5.88 Å². The highest BCUT2D eigenvalue weighted by molar-refractivity contribution is 5.92. The van der Waals surface area contributed by atoms with E-state index in [0.717, 1.165) is 16.5 Å². The Bertz CT molecular complexity index is 574. The van der Waals surface area contributed by atoms with Crippen molar-refractivity contribution in [2.24, 2.45) is 0 Å². The summed E-state index contributed by atoms with van der Waals surface area (Å²) in [6.07, 6.45) is -0.750. The van der Waals surface area contributed by atoms with Gasteiger partial charge in [-0.25, -0.2) is 4.79 Å². The minimum atomic E-state index is -0.750. The third-order valence-corrected chi connectivity index (χ3v) is 2.61. The van der Waals surface area contributed by atoms with Crippen LogP contribution in [0.25, 0.3) is 10.9 Å². The Kier molecular flexibility index (Phi) is 3.41. The minimum Gasteiger partial charge on any atom is -0.491 e. The third-order valence-electron chi connectivity index (χ3n) is 2.61. The maximum absolute atomic E-state index is 11.3. The van der Waals surface area contributed by atoms with E-state index in [1.165, 1.54) is 7.11 Å². The van der Waals surface area contributed by atoms with Crippen LogP contribution in [0.1, 0.15) is 12.5 Å². The largest absolute Gasteiger partial charge is 0.515 e. The van der Waals surface area contributed by atoms with Gasteiger partial charge in [-0.1, -0.05) is 12.1 Å². The lowest BCUT2D eigenvalue weighted by Gasteiger charge is -2.04. The van der Waals surface area contributed by atoms with Crippen LogP contribution >= 0.6 is 0 Å². The van der Waals surface area contributed by atoms with E-state index in [1.807, 2.05) is 25.1 Å². The molecule has 0 aliphatic heterocycles. The molecule has 0 bridgehead atoms. The SMILES string of the molecule is CCOC(=O)Oc1[nH]c2cccc(C)c2c1OC. The van der Waals surface area contributed by atoms with E-state index in [1.54, 1.807) is 6.92 Å². The van der Waals surface area contributed by atoms with Gasteiger partial charge >= 0.3 is 6.16 Å². The predicted molar refractivity (Wildman–Crippen MR) is 67.2 cm³/mol. The van der Waals surface area contributed by atoms with E-state index in [9.17, 15) is 4.79 Å². The second kappa shape index (κ2) is 5.00. The second-order valence-electron chi connectivity index (χ2n) is 3.77. The fourth-order valence-electron chi connectivity index (χ4n) is 1.86. The molecular formula is C13H15NO4. The first-order valence-corrected chi connectivity index (χ1v) is 5.67. The summed E-state index contributed by atoms with van der Waals surface area (Å²) in [4.78, 5) is 14.3. The first-order valence-electron chi connectivity index (χ1n) is 5.67. The lowest BCUT2D eigenvalue weighted by Crippen LogP contribution is -2.10. The van der Waals surface area contributed by atoms with Crippen LogP contribution in [0.3, 0.4) is 0 Å². The number of benzene rings is 1. The van der Waals surface area contributed by atoms with E-state index < -0.39 is 6.16 Å². The summed E-state index contributed by atoms with van der Waals surface area (Å²) >= 11 is 0. The van der Waals surface area contributed by atoms with Crippen molar-refractivity contribution in [2.75, 3.05) is 13.7 Å². The summed E-state index contributed by atoms with van der Waals surface area (Å²) in [5.41, 5.74) is 1.89. The molecule has 1 N–H and O–H groups in total. The van der Waals surface area contributed by atoms with Gasteiger partial charge in [-0.05, 0) is 25.5 Å². The Morgan fingerprint density at radius 1 is 1.39 bits per heavy atom. The molecule has 0 unspecified atom stereocenters. The topological polar surface area (TPSA) is 60.5 Å². The fraction of sp³-hybridized carbons (Fsp3) is 0.308. The molecule has 0 fully saturated rings. The third kappa shape index (κ3) is 2.11. The van der Waals surface area contributed by atoms with E-state index in [-0.39, 0.29) is 12.5 Å². The van der Waals surface area contributed by atoms with Gasteiger partial charge in [-0.3, -0.25) is 0 Å². The van der Waals surface area contributed by atoms with E-state index in [4.69, 9.17) is 14.2 Å². The maximum atomic E-state index is 11.3. The van der Waals surface area contributed by atoms with Gasteiger partial charge in [0.25, 0.3) is 0 Å². The van der Waals surface area contributed by atoms with Gasteiger partial charge in [0.05, 0.1) is 19.2 Å². The van der Waals surface area contributed by atoms with Crippen LogP contribution in [-0.4, -0.2) is 24.9 Å². The van der Waals surface area contributed by atoms with Crippen molar-refractivity contribution >= 4 is 17.1 Å². The molecule has 2 rings (SSSR count). The smallest absolute Gasteiger partial charge is 0.491 e. The van der Waals surface area contributed by atoms with Crippen molar-refractivity contribution in [3.8, 4) is 11.6 Å². The molecule has 1 aromatic heterocycles. The molecular weight excluding hydrogens is 234 g/mol. The molecule has 18 heavy (non-hydrogen) atoms. The van der Waals surface area contributed by atoms with E-state index >= 15 is 0 Å². The number of fused-ring (bicyclic) bond motifs is 1. The van der Waals surface area contributed by atoms with Gasteiger partial charge in [0.15, 0.2) is 5.75 Å². The number of hydrogen-bond donors (Lipinski definition) is 1. The lowest BCUT2D eigenvalue weighted by molar-refractivity contribution is 0.102. The average molecular weight is 249 g/mol. The Morgan fingerprint density at radius 2 is 2.17 bits per heavy atom. The first kappa shape index (κ1) is 12.3. The Morgan fingerprint density at radius 3 is 2.83 bits per heavy atom. The van der Waals surface area contributed by atoms with Gasteiger partial charge in [-0.2, -0.15) is 0 Å². The number of aromatic amines is 1. The van der Waals surface area contributed by atoms with E-state index in [2.05, 4.69) is 4.98 Å². The van der Waals surface area contributed by atoms with E-state index in [0.29, 0.717) is 5.75 Å². The van der Waals surface area contributed by atoms with Crippen LogP contribution in [0.2, 0.25) is 0 Å². The minimum absolute atomic E-state index is 0.264. The maximum Gasteiger partial charge on any atom is 0.515 e. The molecule has 1 aromatic carbocycles. The highest BCUT2D eigenvalue weighted by atomic mass is 16.7. The van der Waals surface area contributed by atoms with Crippen molar-refractivity contribution in [3.63, 3.8) is 0 Å². The van der Waals surface area contributed by atoms with Gasteiger partial charge in [0.1, 0.15) is 0 Å². The number of carbonyl (C=O) groups excluding carboxylic acids is 1. The summed E-state index contributed by atoms with van der Waals surface area (Å²) in [5.74, 6) is 0.774. The number of H-pyrrole nitrogens is 1. The zero-order chi connectivity index (χ0) is 13.1. The number of methoxy groups -OCH3 is 1. The van der Waals surface area contributed by atoms with Crippen molar-refractivity contribution in [2.45, 2.75) is 13.8 Å². The Balaban J connectivity index is 2.45. The number of nitrogens with one attached hydrogen (secondary N) is 1. The molecule has 0 aliphatic rings. The second-order valence-corrected chi connectivity index (χ2v) is 3.77. The van der Waals surface area contributed by atoms with Gasteiger partial charge in [0, 0.05) is 5.39 Å². The number of rotatable bonds is 3. The van der Waals surface area contributed by atoms with Crippen LogP contribution in [0.15, 0.2) is 18.2 Å².